The number of carboxylic acids is 1. The molecule has 2 aromatic carbocycles. The molecule has 0 radical (unpaired) electrons. The molecule has 4 rings (SSSR count). The van der Waals surface area contributed by atoms with Crippen LogP contribution in [0.1, 0.15) is 74.4 Å². The van der Waals surface area contributed by atoms with Crippen molar-refractivity contribution in [3.63, 3.8) is 0 Å². The SMILES string of the molecule is CC(C)(C)C1CCC2(CC1)N=C(c1ccccc1Cl)C(=O)N2CCc1ccc(C(=O)NCCC(=O)O)cc1. The normalized spacial score (nSPS) is 21.5. The number of halogens is 1. The summed E-state index contributed by atoms with van der Waals surface area (Å²) in [5, 5.41) is 11.9. The standard InChI is InChI=1S/C30H36ClN3O4/c1-29(2,3)22-12-16-30(17-13-22)33-26(23-6-4-5-7-24(23)31)28(38)34(30)19-15-20-8-10-21(11-9-20)27(37)32-18-14-25(35)36/h4-11,22H,12-19H2,1-3H3,(H,32,37)(H,35,36). The first kappa shape index (κ1) is 27.8. The fourth-order valence-corrected chi connectivity index (χ4v) is 5.77. The van der Waals surface area contributed by atoms with E-state index in [-0.39, 0.29) is 30.2 Å². The van der Waals surface area contributed by atoms with Crippen LogP contribution in [0.5, 0.6) is 0 Å². The van der Waals surface area contributed by atoms with Gasteiger partial charge in [-0.3, -0.25) is 19.4 Å². The molecule has 1 heterocycles. The third kappa shape index (κ3) is 6.09. The van der Waals surface area contributed by atoms with Crippen molar-refractivity contribution in [2.75, 3.05) is 13.1 Å². The minimum atomic E-state index is -0.955. The van der Waals surface area contributed by atoms with Gasteiger partial charge >= 0.3 is 5.97 Å². The highest BCUT2D eigenvalue weighted by atomic mass is 35.5. The summed E-state index contributed by atoms with van der Waals surface area (Å²) in [5.74, 6) is -0.760. The van der Waals surface area contributed by atoms with Crippen molar-refractivity contribution in [3.05, 3.63) is 70.2 Å². The van der Waals surface area contributed by atoms with Gasteiger partial charge in [-0.25, -0.2) is 0 Å². The van der Waals surface area contributed by atoms with Gasteiger partial charge in [-0.2, -0.15) is 0 Å². The summed E-state index contributed by atoms with van der Waals surface area (Å²) in [6.07, 6.45) is 4.18. The van der Waals surface area contributed by atoms with Crippen LogP contribution >= 0.6 is 11.6 Å². The molecule has 0 aromatic heterocycles. The number of aliphatic imine (C=N–C) groups is 1. The van der Waals surface area contributed by atoms with E-state index in [9.17, 15) is 14.4 Å². The Kier molecular flexibility index (Phi) is 8.26. The van der Waals surface area contributed by atoms with Crippen LogP contribution in [0.2, 0.25) is 5.02 Å². The van der Waals surface area contributed by atoms with E-state index in [0.29, 0.717) is 40.7 Å². The van der Waals surface area contributed by atoms with Gasteiger partial charge in [0.1, 0.15) is 11.4 Å². The lowest BCUT2D eigenvalue weighted by atomic mass is 9.69. The lowest BCUT2D eigenvalue weighted by Gasteiger charge is -2.45. The van der Waals surface area contributed by atoms with Crippen molar-refractivity contribution in [1.29, 1.82) is 0 Å². The zero-order chi connectivity index (χ0) is 27.5. The molecule has 2 N–H and O–H groups in total. The first-order valence-electron chi connectivity index (χ1n) is 13.3. The first-order chi connectivity index (χ1) is 18.0. The molecule has 1 spiro atoms. The molecule has 202 valence electrons. The number of benzene rings is 2. The Balaban J connectivity index is 1.50. The number of carboxylic acid groups (broad SMARTS) is 1. The number of carbonyl (C=O) groups is 3. The van der Waals surface area contributed by atoms with E-state index < -0.39 is 11.6 Å². The Labute approximate surface area is 229 Å². The zero-order valence-corrected chi connectivity index (χ0v) is 23.1. The van der Waals surface area contributed by atoms with Gasteiger partial charge in [0.05, 0.1) is 11.4 Å². The molecule has 7 nitrogen and oxygen atoms in total. The zero-order valence-electron chi connectivity index (χ0n) is 22.3. The van der Waals surface area contributed by atoms with Crippen LogP contribution in [0.3, 0.4) is 0 Å². The van der Waals surface area contributed by atoms with Gasteiger partial charge in [0.25, 0.3) is 11.8 Å². The second kappa shape index (κ2) is 11.3. The molecule has 1 fully saturated rings. The molecule has 2 amide bonds. The van der Waals surface area contributed by atoms with Crippen molar-refractivity contribution in [3.8, 4) is 0 Å². The molecule has 0 atom stereocenters. The predicted molar refractivity (Wildman–Crippen MR) is 149 cm³/mol. The molecule has 1 aliphatic carbocycles. The topological polar surface area (TPSA) is 99.1 Å². The average molecular weight is 538 g/mol. The van der Waals surface area contributed by atoms with E-state index >= 15 is 0 Å². The minimum Gasteiger partial charge on any atom is -0.481 e. The summed E-state index contributed by atoms with van der Waals surface area (Å²) in [7, 11) is 0. The maximum atomic E-state index is 13.8. The van der Waals surface area contributed by atoms with Crippen LogP contribution in [0, 0.1) is 11.3 Å². The minimum absolute atomic E-state index is 0.0817. The number of nitrogens with one attached hydrogen (secondary N) is 1. The van der Waals surface area contributed by atoms with Crippen molar-refractivity contribution in [1.82, 2.24) is 10.2 Å². The number of hydrogen-bond donors (Lipinski definition) is 2. The quantitative estimate of drug-likeness (QED) is 0.474. The van der Waals surface area contributed by atoms with Crippen molar-refractivity contribution in [2.24, 2.45) is 16.3 Å². The van der Waals surface area contributed by atoms with E-state index in [0.717, 1.165) is 31.2 Å². The number of rotatable bonds is 8. The summed E-state index contributed by atoms with van der Waals surface area (Å²) in [6, 6.07) is 14.6. The van der Waals surface area contributed by atoms with Gasteiger partial charge in [-0.05, 0) is 67.2 Å². The molecule has 2 aliphatic rings. The van der Waals surface area contributed by atoms with Crippen LogP contribution in [0.15, 0.2) is 53.5 Å². The Bertz CT molecular complexity index is 1220. The summed E-state index contributed by atoms with van der Waals surface area (Å²) in [5.41, 5.74) is 2.25. The van der Waals surface area contributed by atoms with Gasteiger partial charge in [0.15, 0.2) is 0 Å². The molecule has 1 aliphatic heterocycles. The third-order valence-corrected chi connectivity index (χ3v) is 8.20. The van der Waals surface area contributed by atoms with Crippen LogP contribution in [-0.2, 0) is 16.0 Å². The Morgan fingerprint density at radius 1 is 1.11 bits per heavy atom. The first-order valence-corrected chi connectivity index (χ1v) is 13.6. The van der Waals surface area contributed by atoms with Crippen molar-refractivity contribution >= 4 is 35.1 Å². The van der Waals surface area contributed by atoms with Crippen molar-refractivity contribution < 1.29 is 19.5 Å². The highest BCUT2D eigenvalue weighted by molar-refractivity contribution is 6.50. The fraction of sp³-hybridized carbons (Fsp3) is 0.467. The van der Waals surface area contributed by atoms with Gasteiger partial charge < -0.3 is 15.3 Å². The number of aliphatic carboxylic acids is 1. The van der Waals surface area contributed by atoms with Crippen LogP contribution in [0.25, 0.3) is 0 Å². The molecule has 0 bridgehead atoms. The van der Waals surface area contributed by atoms with Crippen LogP contribution in [-0.4, -0.2) is 52.3 Å². The average Bonchev–Trinajstić information content (AvgIpc) is 3.13. The lowest BCUT2D eigenvalue weighted by Crippen LogP contribution is -2.50. The van der Waals surface area contributed by atoms with Gasteiger partial charge in [0.2, 0.25) is 0 Å². The van der Waals surface area contributed by atoms with Crippen molar-refractivity contribution in [2.45, 2.75) is 65.0 Å². The Morgan fingerprint density at radius 2 is 1.76 bits per heavy atom. The van der Waals surface area contributed by atoms with E-state index in [1.165, 1.54) is 0 Å². The number of nitrogens with zero attached hydrogens (tertiary/aromatic N) is 2. The lowest BCUT2D eigenvalue weighted by molar-refractivity contribution is -0.136. The molecule has 0 unspecified atom stereocenters. The maximum absolute atomic E-state index is 13.8. The molecule has 38 heavy (non-hydrogen) atoms. The third-order valence-electron chi connectivity index (χ3n) is 7.87. The smallest absolute Gasteiger partial charge is 0.305 e. The summed E-state index contributed by atoms with van der Waals surface area (Å²) in [4.78, 5) is 43.7. The Morgan fingerprint density at radius 3 is 2.37 bits per heavy atom. The fourth-order valence-electron chi connectivity index (χ4n) is 5.55. The molecular formula is C30H36ClN3O4. The molecular weight excluding hydrogens is 502 g/mol. The molecule has 1 saturated carbocycles. The Hall–Kier alpha value is -3.19. The highest BCUT2D eigenvalue weighted by Crippen LogP contribution is 2.46. The number of hydrogen-bond acceptors (Lipinski definition) is 4. The van der Waals surface area contributed by atoms with E-state index in [2.05, 4.69) is 26.1 Å². The van der Waals surface area contributed by atoms with Gasteiger partial charge in [-0.1, -0.05) is 62.7 Å². The van der Waals surface area contributed by atoms with Gasteiger partial charge in [-0.15, -0.1) is 0 Å². The summed E-state index contributed by atoms with van der Waals surface area (Å²) in [6.45, 7) is 7.44. The molecule has 0 saturated heterocycles. The number of carbonyl (C=O) groups excluding carboxylic acids is 2. The molecule has 2 aromatic rings. The molecule has 8 heteroatoms. The van der Waals surface area contributed by atoms with E-state index in [1.807, 2.05) is 35.2 Å². The second-order valence-electron chi connectivity index (χ2n) is 11.4. The summed E-state index contributed by atoms with van der Waals surface area (Å²) < 4.78 is 0. The van der Waals surface area contributed by atoms with Crippen LogP contribution < -0.4 is 5.32 Å². The number of amides is 2. The largest absolute Gasteiger partial charge is 0.481 e. The second-order valence-corrected chi connectivity index (χ2v) is 11.8. The van der Waals surface area contributed by atoms with E-state index in [1.54, 1.807) is 18.2 Å². The summed E-state index contributed by atoms with van der Waals surface area (Å²) >= 11 is 6.47. The van der Waals surface area contributed by atoms with Crippen LogP contribution in [0.4, 0.5) is 0 Å². The van der Waals surface area contributed by atoms with E-state index in [4.69, 9.17) is 21.7 Å². The highest BCUT2D eigenvalue weighted by Gasteiger charge is 2.50. The van der Waals surface area contributed by atoms with Gasteiger partial charge in [0, 0.05) is 24.2 Å². The predicted octanol–water partition coefficient (Wildman–Crippen LogP) is 5.35. The maximum Gasteiger partial charge on any atom is 0.305 e. The monoisotopic (exact) mass is 537 g/mol.